The number of aryl methyl sites for hydroxylation is 1. The van der Waals surface area contributed by atoms with E-state index in [1.165, 1.54) is 32.1 Å². The van der Waals surface area contributed by atoms with Gasteiger partial charge < -0.3 is 5.32 Å². The summed E-state index contributed by atoms with van der Waals surface area (Å²) in [6, 6.07) is 0.414. The van der Waals surface area contributed by atoms with E-state index in [-0.39, 0.29) is 11.8 Å². The molecule has 0 aromatic carbocycles. The first-order valence-corrected chi connectivity index (χ1v) is 9.80. The Morgan fingerprint density at radius 1 is 1.21 bits per heavy atom. The van der Waals surface area contributed by atoms with Crippen LogP contribution in [0.3, 0.4) is 0 Å². The van der Waals surface area contributed by atoms with Crippen molar-refractivity contribution in [1.82, 2.24) is 15.1 Å². The molecule has 5 heteroatoms. The van der Waals surface area contributed by atoms with Gasteiger partial charge in [-0.1, -0.05) is 18.5 Å². The Morgan fingerprint density at radius 3 is 2.29 bits per heavy atom. The highest BCUT2D eigenvalue weighted by Crippen LogP contribution is 2.53. The molecule has 5 rings (SSSR count). The second-order valence-electron chi connectivity index (χ2n) is 8.53. The van der Waals surface area contributed by atoms with Gasteiger partial charge in [-0.2, -0.15) is 5.10 Å². The predicted molar refractivity (Wildman–Crippen MR) is 94.9 cm³/mol. The van der Waals surface area contributed by atoms with Gasteiger partial charge in [0.05, 0.1) is 28.9 Å². The van der Waals surface area contributed by atoms with Gasteiger partial charge in [-0.15, -0.1) is 0 Å². The van der Waals surface area contributed by atoms with Gasteiger partial charge in [0.25, 0.3) is 0 Å². The molecule has 0 saturated heterocycles. The Balaban J connectivity index is 1.40. The lowest BCUT2D eigenvalue weighted by Crippen LogP contribution is -2.56. The molecule has 1 amide bonds. The van der Waals surface area contributed by atoms with Gasteiger partial charge in [-0.05, 0) is 69.6 Å². The number of carbonyl (C=O) groups excluding carboxylic acids is 1. The average molecular weight is 350 g/mol. The van der Waals surface area contributed by atoms with Crippen molar-refractivity contribution in [3.05, 3.63) is 16.4 Å². The molecule has 4 saturated carbocycles. The first-order chi connectivity index (χ1) is 11.4. The molecule has 1 atom stereocenters. The molecule has 4 aliphatic carbocycles. The molecule has 4 bridgehead atoms. The molecule has 1 aromatic heterocycles. The van der Waals surface area contributed by atoms with E-state index in [9.17, 15) is 4.79 Å². The number of rotatable bonds is 4. The number of nitrogens with zero attached hydrogens (tertiary/aromatic N) is 2. The van der Waals surface area contributed by atoms with E-state index in [1.54, 1.807) is 0 Å². The Bertz CT molecular complexity index is 625. The van der Waals surface area contributed by atoms with Crippen molar-refractivity contribution >= 4 is 17.5 Å². The van der Waals surface area contributed by atoms with E-state index in [0.29, 0.717) is 17.6 Å². The van der Waals surface area contributed by atoms with Gasteiger partial charge in [0, 0.05) is 6.04 Å². The van der Waals surface area contributed by atoms with Crippen LogP contribution in [0.1, 0.15) is 50.4 Å². The van der Waals surface area contributed by atoms with E-state index in [1.807, 2.05) is 25.5 Å². The molecule has 0 aliphatic heterocycles. The van der Waals surface area contributed by atoms with Crippen molar-refractivity contribution in [1.29, 1.82) is 0 Å². The van der Waals surface area contributed by atoms with Crippen LogP contribution in [0.15, 0.2) is 0 Å². The molecule has 1 heterocycles. The van der Waals surface area contributed by atoms with Crippen LogP contribution in [0.4, 0.5) is 0 Å². The zero-order chi connectivity index (χ0) is 17.0. The SMILES string of the molecule is Cc1nn(CC(C)C(=O)NC2C3CC4CC(C3)CC2C4)c(C)c1Cl. The largest absolute Gasteiger partial charge is 0.353 e. The molecule has 0 spiro atoms. The summed E-state index contributed by atoms with van der Waals surface area (Å²) in [5.74, 6) is 3.42. The van der Waals surface area contributed by atoms with E-state index in [4.69, 9.17) is 11.6 Å². The molecule has 4 nitrogen and oxygen atoms in total. The monoisotopic (exact) mass is 349 g/mol. The molecule has 1 aromatic rings. The summed E-state index contributed by atoms with van der Waals surface area (Å²) < 4.78 is 1.87. The van der Waals surface area contributed by atoms with Crippen molar-refractivity contribution in [2.75, 3.05) is 0 Å². The third-order valence-electron chi connectivity index (χ3n) is 6.72. The van der Waals surface area contributed by atoms with Gasteiger partial charge in [0.1, 0.15) is 0 Å². The number of carbonyl (C=O) groups is 1. The smallest absolute Gasteiger partial charge is 0.224 e. The number of aromatic nitrogens is 2. The molecule has 1 N–H and O–H groups in total. The highest BCUT2D eigenvalue weighted by atomic mass is 35.5. The lowest BCUT2D eigenvalue weighted by molar-refractivity contribution is -0.129. The summed E-state index contributed by atoms with van der Waals surface area (Å²) in [6.07, 6.45) is 6.78. The van der Waals surface area contributed by atoms with Gasteiger partial charge in [0.15, 0.2) is 0 Å². The molecule has 4 aliphatic rings. The molecular formula is C19H28ClN3O. The minimum Gasteiger partial charge on any atom is -0.353 e. The number of halogens is 1. The van der Waals surface area contributed by atoms with Crippen LogP contribution in [0.25, 0.3) is 0 Å². The second-order valence-corrected chi connectivity index (χ2v) is 8.91. The summed E-state index contributed by atoms with van der Waals surface area (Å²) in [6.45, 7) is 6.46. The molecule has 1 unspecified atom stereocenters. The lowest BCUT2D eigenvalue weighted by Gasteiger charge is -2.54. The summed E-state index contributed by atoms with van der Waals surface area (Å²) >= 11 is 6.22. The zero-order valence-electron chi connectivity index (χ0n) is 14.9. The van der Waals surface area contributed by atoms with Gasteiger partial charge in [-0.25, -0.2) is 0 Å². The average Bonchev–Trinajstić information content (AvgIpc) is 2.77. The fraction of sp³-hybridized carbons (Fsp3) is 0.789. The van der Waals surface area contributed by atoms with Crippen LogP contribution in [-0.4, -0.2) is 21.7 Å². The summed E-state index contributed by atoms with van der Waals surface area (Å²) in [5.41, 5.74) is 1.78. The third kappa shape index (κ3) is 2.77. The van der Waals surface area contributed by atoms with Crippen molar-refractivity contribution in [2.24, 2.45) is 29.6 Å². The van der Waals surface area contributed by atoms with Gasteiger partial charge in [0.2, 0.25) is 5.91 Å². The highest BCUT2D eigenvalue weighted by Gasteiger charge is 2.48. The number of nitrogens with one attached hydrogen (secondary N) is 1. The molecular weight excluding hydrogens is 322 g/mol. The van der Waals surface area contributed by atoms with E-state index >= 15 is 0 Å². The van der Waals surface area contributed by atoms with Crippen molar-refractivity contribution in [3.63, 3.8) is 0 Å². The second kappa shape index (κ2) is 6.05. The van der Waals surface area contributed by atoms with Crippen LogP contribution in [0, 0.1) is 43.4 Å². The third-order valence-corrected chi connectivity index (χ3v) is 7.27. The van der Waals surface area contributed by atoms with E-state index in [2.05, 4.69) is 10.4 Å². The van der Waals surface area contributed by atoms with E-state index < -0.39 is 0 Å². The minimum absolute atomic E-state index is 0.0868. The quantitative estimate of drug-likeness (QED) is 0.900. The fourth-order valence-corrected chi connectivity index (χ4v) is 5.80. The van der Waals surface area contributed by atoms with Crippen LogP contribution >= 0.6 is 11.6 Å². The Morgan fingerprint density at radius 2 is 1.79 bits per heavy atom. The molecule has 0 radical (unpaired) electrons. The van der Waals surface area contributed by atoms with Crippen LogP contribution < -0.4 is 5.32 Å². The summed E-state index contributed by atoms with van der Waals surface area (Å²) in [4.78, 5) is 12.8. The standard InChI is InChI=1S/C19H28ClN3O/c1-10(9-23-12(3)17(20)11(2)22-23)19(24)21-18-15-5-13-4-14(7-15)8-16(18)6-13/h10,13-16,18H,4-9H2,1-3H3,(H,21,24). The Kier molecular flexibility index (Phi) is 4.14. The van der Waals surface area contributed by atoms with Crippen molar-refractivity contribution < 1.29 is 4.79 Å². The molecule has 4 fully saturated rings. The zero-order valence-corrected chi connectivity index (χ0v) is 15.6. The van der Waals surface area contributed by atoms with Crippen LogP contribution in [0.5, 0.6) is 0 Å². The highest BCUT2D eigenvalue weighted by molar-refractivity contribution is 6.31. The van der Waals surface area contributed by atoms with Gasteiger partial charge >= 0.3 is 0 Å². The normalized spacial score (nSPS) is 35.2. The predicted octanol–water partition coefficient (Wildman–Crippen LogP) is 3.73. The maximum Gasteiger partial charge on any atom is 0.224 e. The van der Waals surface area contributed by atoms with Crippen molar-refractivity contribution in [2.45, 2.75) is 65.5 Å². The minimum atomic E-state index is -0.0868. The summed E-state index contributed by atoms with van der Waals surface area (Å²) in [5, 5.41) is 8.58. The fourth-order valence-electron chi connectivity index (χ4n) is 5.66. The first kappa shape index (κ1) is 16.4. The first-order valence-electron chi connectivity index (χ1n) is 9.42. The topological polar surface area (TPSA) is 46.9 Å². The van der Waals surface area contributed by atoms with Crippen molar-refractivity contribution in [3.8, 4) is 0 Å². The Hall–Kier alpha value is -1.03. The Labute approximate surface area is 149 Å². The number of hydrogen-bond donors (Lipinski definition) is 1. The van der Waals surface area contributed by atoms with Crippen LogP contribution in [-0.2, 0) is 11.3 Å². The number of amides is 1. The summed E-state index contributed by atoms with van der Waals surface area (Å²) in [7, 11) is 0. The van der Waals surface area contributed by atoms with Gasteiger partial charge in [-0.3, -0.25) is 9.48 Å². The molecule has 132 valence electrons. The molecule has 24 heavy (non-hydrogen) atoms. The maximum absolute atomic E-state index is 12.8. The number of hydrogen-bond acceptors (Lipinski definition) is 2. The maximum atomic E-state index is 12.8. The van der Waals surface area contributed by atoms with Crippen LogP contribution in [0.2, 0.25) is 5.02 Å². The lowest BCUT2D eigenvalue weighted by atomic mass is 9.54. The van der Waals surface area contributed by atoms with E-state index in [0.717, 1.165) is 35.1 Å².